The smallest absolute Gasteiger partial charge is 0.292 e. The molecule has 1 unspecified atom stereocenters. The predicted octanol–water partition coefficient (Wildman–Crippen LogP) is 2.05. The Morgan fingerprint density at radius 3 is 2.12 bits per heavy atom. The van der Waals surface area contributed by atoms with Gasteiger partial charge < -0.3 is 14.3 Å². The average Bonchev–Trinajstić information content (AvgIpc) is 3.41. The van der Waals surface area contributed by atoms with E-state index in [9.17, 15) is 18.0 Å². The third kappa shape index (κ3) is 4.41. The zero-order valence-corrected chi connectivity index (χ0v) is 20.3. The van der Waals surface area contributed by atoms with E-state index in [4.69, 9.17) is 4.52 Å². The second-order valence-corrected chi connectivity index (χ2v) is 10.8. The summed E-state index contributed by atoms with van der Waals surface area (Å²) in [6, 6.07) is 4.60. The van der Waals surface area contributed by atoms with Crippen molar-refractivity contribution < 1.29 is 22.5 Å². The zero-order chi connectivity index (χ0) is 23.9. The fraction of sp³-hybridized carbons (Fsp3) is 0.522. The van der Waals surface area contributed by atoms with Crippen LogP contribution in [0.3, 0.4) is 0 Å². The van der Waals surface area contributed by atoms with Crippen molar-refractivity contribution in [3.8, 4) is 0 Å². The Hall–Kier alpha value is -2.72. The molecule has 2 aliphatic heterocycles. The first-order chi connectivity index (χ1) is 15.6. The summed E-state index contributed by atoms with van der Waals surface area (Å²) < 4.78 is 33.6. The molecule has 2 amide bonds. The third-order valence-corrected chi connectivity index (χ3v) is 8.59. The highest BCUT2D eigenvalue weighted by molar-refractivity contribution is 7.89. The first-order valence-electron chi connectivity index (χ1n) is 11.2. The first kappa shape index (κ1) is 23.4. The Morgan fingerprint density at radius 1 is 0.939 bits per heavy atom. The molecule has 33 heavy (non-hydrogen) atoms. The number of carbonyl (C=O) groups excluding carboxylic acids is 2. The van der Waals surface area contributed by atoms with Gasteiger partial charge in [0.25, 0.3) is 5.91 Å². The molecule has 0 saturated carbocycles. The van der Waals surface area contributed by atoms with Gasteiger partial charge in [-0.3, -0.25) is 9.59 Å². The minimum Gasteiger partial charge on any atom is -0.351 e. The lowest BCUT2D eigenvalue weighted by Crippen LogP contribution is -2.55. The molecule has 0 aliphatic carbocycles. The molecule has 1 aromatic carbocycles. The number of benzene rings is 1. The highest BCUT2D eigenvalue weighted by Gasteiger charge is 2.42. The van der Waals surface area contributed by atoms with E-state index in [1.807, 2.05) is 19.1 Å². The predicted molar refractivity (Wildman–Crippen MR) is 121 cm³/mol. The van der Waals surface area contributed by atoms with Gasteiger partial charge in [0, 0.05) is 38.8 Å². The first-order valence-corrected chi connectivity index (χ1v) is 12.6. The van der Waals surface area contributed by atoms with Gasteiger partial charge in [-0.1, -0.05) is 22.9 Å². The molecule has 2 aliphatic rings. The largest absolute Gasteiger partial charge is 0.351 e. The molecule has 178 valence electrons. The van der Waals surface area contributed by atoms with Crippen molar-refractivity contribution in [2.45, 2.75) is 51.5 Å². The van der Waals surface area contributed by atoms with Gasteiger partial charge in [-0.2, -0.15) is 4.31 Å². The number of sulfonamides is 1. The summed E-state index contributed by atoms with van der Waals surface area (Å²) in [6.45, 7) is 9.03. The van der Waals surface area contributed by atoms with Crippen molar-refractivity contribution in [3.05, 3.63) is 46.3 Å². The maximum atomic E-state index is 13.6. The van der Waals surface area contributed by atoms with E-state index in [-0.39, 0.29) is 17.6 Å². The lowest BCUT2D eigenvalue weighted by molar-refractivity contribution is -0.136. The van der Waals surface area contributed by atoms with Crippen molar-refractivity contribution in [2.24, 2.45) is 0 Å². The quantitative estimate of drug-likeness (QED) is 0.672. The van der Waals surface area contributed by atoms with Gasteiger partial charge in [0.1, 0.15) is 6.04 Å². The molecular weight excluding hydrogens is 444 g/mol. The van der Waals surface area contributed by atoms with Crippen LogP contribution in [-0.4, -0.2) is 78.3 Å². The summed E-state index contributed by atoms with van der Waals surface area (Å²) in [4.78, 5) is 29.5. The van der Waals surface area contributed by atoms with Crippen molar-refractivity contribution in [1.82, 2.24) is 19.3 Å². The summed E-state index contributed by atoms with van der Waals surface area (Å²) >= 11 is 0. The number of aromatic nitrogens is 1. The topological polar surface area (TPSA) is 104 Å². The fourth-order valence-corrected chi connectivity index (χ4v) is 6.99. The molecule has 3 heterocycles. The number of hydrogen-bond acceptors (Lipinski definition) is 6. The van der Waals surface area contributed by atoms with Gasteiger partial charge in [-0.25, -0.2) is 8.42 Å². The standard InChI is InChI=1S/C23H30N4O5S/c1-15-12-16(2)21(17(3)13-15)33(30,31)27-7-5-6-19(27)22(28)25-8-10-26(11-9-25)23(29)20-14-18(4)24-32-20/h12-14,19H,5-11H2,1-4H3. The number of rotatable bonds is 4. The van der Waals surface area contributed by atoms with Gasteiger partial charge in [-0.15, -0.1) is 0 Å². The zero-order valence-electron chi connectivity index (χ0n) is 19.5. The SMILES string of the molecule is Cc1cc(C)c(S(=O)(=O)N2CCCC2C(=O)N2CCN(C(=O)c3cc(C)no3)CC2)c(C)c1. The molecule has 1 atom stereocenters. The van der Waals surface area contributed by atoms with E-state index >= 15 is 0 Å². The van der Waals surface area contributed by atoms with Crippen LogP contribution in [0, 0.1) is 27.7 Å². The van der Waals surface area contributed by atoms with Crippen LogP contribution in [0.4, 0.5) is 0 Å². The van der Waals surface area contributed by atoms with E-state index in [0.29, 0.717) is 67.3 Å². The molecule has 0 bridgehead atoms. The summed E-state index contributed by atoms with van der Waals surface area (Å²) in [5.41, 5.74) is 3.03. The van der Waals surface area contributed by atoms with Gasteiger partial charge in [0.05, 0.1) is 10.6 Å². The van der Waals surface area contributed by atoms with Gasteiger partial charge in [-0.05, 0) is 51.7 Å². The molecule has 9 nitrogen and oxygen atoms in total. The van der Waals surface area contributed by atoms with Crippen molar-refractivity contribution >= 4 is 21.8 Å². The summed E-state index contributed by atoms with van der Waals surface area (Å²) in [5.74, 6) is -0.261. The molecule has 2 saturated heterocycles. The van der Waals surface area contributed by atoms with Gasteiger partial charge in [0.2, 0.25) is 21.7 Å². The minimum atomic E-state index is -3.81. The summed E-state index contributed by atoms with van der Waals surface area (Å²) in [5, 5.41) is 3.75. The Balaban J connectivity index is 1.47. The van der Waals surface area contributed by atoms with Crippen molar-refractivity contribution in [2.75, 3.05) is 32.7 Å². The molecule has 4 rings (SSSR count). The molecule has 1 aromatic heterocycles. The van der Waals surface area contributed by atoms with E-state index in [1.54, 1.807) is 36.6 Å². The van der Waals surface area contributed by atoms with Crippen LogP contribution in [0.5, 0.6) is 0 Å². The second kappa shape index (κ2) is 8.90. The van der Waals surface area contributed by atoms with Crippen LogP contribution in [-0.2, 0) is 14.8 Å². The van der Waals surface area contributed by atoms with E-state index in [0.717, 1.165) is 5.56 Å². The van der Waals surface area contributed by atoms with Gasteiger partial charge >= 0.3 is 0 Å². The van der Waals surface area contributed by atoms with Crippen LogP contribution in [0.1, 0.15) is 45.8 Å². The number of carbonyl (C=O) groups is 2. The molecule has 2 aromatic rings. The molecule has 10 heteroatoms. The summed E-state index contributed by atoms with van der Waals surface area (Å²) in [6.07, 6.45) is 1.14. The Kier molecular flexibility index (Phi) is 6.32. The maximum absolute atomic E-state index is 13.6. The van der Waals surface area contributed by atoms with Crippen LogP contribution >= 0.6 is 0 Å². The molecule has 2 fully saturated rings. The number of nitrogens with zero attached hydrogens (tertiary/aromatic N) is 4. The molecule has 0 radical (unpaired) electrons. The van der Waals surface area contributed by atoms with Crippen LogP contribution in [0.25, 0.3) is 0 Å². The average molecular weight is 475 g/mol. The lowest BCUT2D eigenvalue weighted by Gasteiger charge is -2.36. The maximum Gasteiger partial charge on any atom is 0.292 e. The van der Waals surface area contributed by atoms with Crippen LogP contribution in [0.15, 0.2) is 27.6 Å². The van der Waals surface area contributed by atoms with Crippen molar-refractivity contribution in [3.63, 3.8) is 0 Å². The Labute approximate surface area is 194 Å². The Morgan fingerprint density at radius 2 is 1.55 bits per heavy atom. The van der Waals surface area contributed by atoms with Gasteiger partial charge in [0.15, 0.2) is 0 Å². The lowest BCUT2D eigenvalue weighted by atomic mass is 10.1. The molecule has 0 N–H and O–H groups in total. The number of aryl methyl sites for hydroxylation is 4. The highest BCUT2D eigenvalue weighted by atomic mass is 32.2. The normalized spacial score (nSPS) is 19.8. The van der Waals surface area contributed by atoms with Crippen molar-refractivity contribution in [1.29, 1.82) is 0 Å². The van der Waals surface area contributed by atoms with Crippen LogP contribution < -0.4 is 0 Å². The third-order valence-electron chi connectivity index (χ3n) is 6.38. The second-order valence-electron chi connectivity index (χ2n) is 8.95. The van der Waals surface area contributed by atoms with E-state index < -0.39 is 16.1 Å². The highest BCUT2D eigenvalue weighted by Crippen LogP contribution is 2.31. The van der Waals surface area contributed by atoms with E-state index in [1.165, 1.54) is 4.31 Å². The fourth-order valence-electron chi connectivity index (χ4n) is 4.93. The molecular formula is C23H30N4O5S. The Bertz CT molecular complexity index is 1160. The number of hydrogen-bond donors (Lipinski definition) is 0. The van der Waals surface area contributed by atoms with Crippen LogP contribution in [0.2, 0.25) is 0 Å². The number of piperazine rings is 1. The number of amides is 2. The monoisotopic (exact) mass is 474 g/mol. The van der Waals surface area contributed by atoms with E-state index in [2.05, 4.69) is 5.16 Å². The summed E-state index contributed by atoms with van der Waals surface area (Å²) in [7, 11) is -3.81. The molecule has 0 spiro atoms. The minimum absolute atomic E-state index is 0.184.